The van der Waals surface area contributed by atoms with Crippen molar-refractivity contribution in [1.82, 2.24) is 0 Å². The van der Waals surface area contributed by atoms with E-state index in [2.05, 4.69) is 9.05 Å². The Morgan fingerprint density at radius 1 is 1.00 bits per heavy atom. The molecule has 2 atom stereocenters. The molecule has 0 saturated heterocycles. The zero-order chi connectivity index (χ0) is 12.3. The second-order valence-corrected chi connectivity index (χ2v) is 3.60. The van der Waals surface area contributed by atoms with E-state index in [1.165, 1.54) is 0 Å². The van der Waals surface area contributed by atoms with E-state index in [1.807, 2.05) is 0 Å². The van der Waals surface area contributed by atoms with E-state index in [0.717, 1.165) is 0 Å². The van der Waals surface area contributed by atoms with Crippen molar-refractivity contribution in [3.05, 3.63) is 0 Å². The number of halogens is 8. The summed E-state index contributed by atoms with van der Waals surface area (Å²) in [4.78, 5) is 0. The molecule has 90 valence electrons. The zero-order valence-corrected chi connectivity index (χ0v) is 7.97. The van der Waals surface area contributed by atoms with Crippen molar-refractivity contribution < 1.29 is 43.8 Å². The lowest BCUT2D eigenvalue weighted by Crippen LogP contribution is -2.08. The molecule has 0 fully saturated rings. The lowest BCUT2D eigenvalue weighted by Gasteiger charge is -2.02. The summed E-state index contributed by atoms with van der Waals surface area (Å²) in [5.41, 5.74) is 0. The minimum Gasteiger partial charge on any atom is -0.215 e. The molecule has 0 aliphatic carbocycles. The molecule has 3 nitrogen and oxygen atoms in total. The Morgan fingerprint density at radius 2 is 1.47 bits per heavy atom. The molecular formula is C2F8NO2P2+. The van der Waals surface area contributed by atoms with Gasteiger partial charge in [-0.15, -0.1) is 26.3 Å². The van der Waals surface area contributed by atoms with Gasteiger partial charge in [-0.2, -0.15) is 4.20 Å². The van der Waals surface area contributed by atoms with Gasteiger partial charge in [0.1, 0.15) is 0 Å². The van der Waals surface area contributed by atoms with Crippen LogP contribution in [0.3, 0.4) is 0 Å². The second kappa shape index (κ2) is 5.29. The smallest absolute Gasteiger partial charge is 0.215 e. The fourth-order valence-corrected chi connectivity index (χ4v) is 1.34. The van der Waals surface area contributed by atoms with Crippen molar-refractivity contribution in [1.29, 1.82) is 0 Å². The maximum atomic E-state index is 12.0. The Labute approximate surface area is 79.0 Å². The van der Waals surface area contributed by atoms with Crippen LogP contribution in [0.1, 0.15) is 0 Å². The fourth-order valence-electron chi connectivity index (χ4n) is 0.263. The van der Waals surface area contributed by atoms with E-state index in [0.29, 0.717) is 0 Å². The van der Waals surface area contributed by atoms with Gasteiger partial charge in [-0.25, -0.2) is 4.52 Å². The molecule has 0 aromatic carbocycles. The van der Waals surface area contributed by atoms with Crippen LogP contribution < -0.4 is 0 Å². The third kappa shape index (κ3) is 10.2. The van der Waals surface area contributed by atoms with Gasteiger partial charge >= 0.3 is 29.6 Å². The minimum atomic E-state index is -5.45. The maximum absolute atomic E-state index is 12.0. The molecular weight excluding hydrogens is 284 g/mol. The first-order valence-corrected chi connectivity index (χ1v) is 4.85. The molecule has 0 aromatic rings. The molecule has 2 unspecified atom stereocenters. The van der Waals surface area contributed by atoms with E-state index in [4.69, 9.17) is 0 Å². The minimum absolute atomic E-state index is 1.76. The monoisotopic (exact) mass is 284 g/mol. The third-order valence-electron chi connectivity index (χ3n) is 0.498. The molecule has 0 N–H and O–H groups in total. The van der Waals surface area contributed by atoms with Crippen molar-refractivity contribution in [2.24, 2.45) is 4.52 Å². The first-order valence-electron chi connectivity index (χ1n) is 2.65. The Balaban J connectivity index is 4.24. The maximum Gasteiger partial charge on any atom is 0.627 e. The summed E-state index contributed by atoms with van der Waals surface area (Å²) < 4.78 is 98.0. The molecule has 0 aliphatic rings. The number of alkyl halides is 6. The van der Waals surface area contributed by atoms with Crippen LogP contribution in [0.4, 0.5) is 34.7 Å². The Hall–Kier alpha value is -0.110. The van der Waals surface area contributed by atoms with Crippen molar-refractivity contribution in [3.63, 3.8) is 0 Å². The Morgan fingerprint density at radius 3 is 1.80 bits per heavy atom. The second-order valence-electron chi connectivity index (χ2n) is 1.62. The van der Waals surface area contributed by atoms with Crippen LogP contribution in [0.15, 0.2) is 4.52 Å². The quantitative estimate of drug-likeness (QED) is 0.554. The average molecular weight is 284 g/mol. The van der Waals surface area contributed by atoms with Crippen molar-refractivity contribution >= 4 is 16.9 Å². The van der Waals surface area contributed by atoms with E-state index in [-0.39, 0.29) is 0 Å². The summed E-state index contributed by atoms with van der Waals surface area (Å²) in [6.45, 7) is 0. The van der Waals surface area contributed by atoms with Crippen LogP contribution >= 0.6 is 16.9 Å². The Bertz CT molecular complexity index is 236. The van der Waals surface area contributed by atoms with Gasteiger partial charge in [0.15, 0.2) is 0 Å². The molecule has 15 heavy (non-hydrogen) atoms. The summed E-state index contributed by atoms with van der Waals surface area (Å²) in [5.74, 6) is 0. The summed E-state index contributed by atoms with van der Waals surface area (Å²) in [6, 6.07) is 0. The Kier molecular flexibility index (Phi) is 5.25. The van der Waals surface area contributed by atoms with Crippen molar-refractivity contribution in [2.75, 3.05) is 0 Å². The first kappa shape index (κ1) is 14.9. The summed E-state index contributed by atoms with van der Waals surface area (Å²) >= 11 is 0. The molecule has 13 heteroatoms. The van der Waals surface area contributed by atoms with Crippen molar-refractivity contribution in [3.8, 4) is 0 Å². The van der Waals surface area contributed by atoms with Gasteiger partial charge in [0.2, 0.25) is 0 Å². The molecule has 0 radical (unpaired) electrons. The highest BCUT2D eigenvalue weighted by Crippen LogP contribution is 2.53. The largest absolute Gasteiger partial charge is 0.627 e. The summed E-state index contributed by atoms with van der Waals surface area (Å²) in [6.07, 6.45) is -10.9. The van der Waals surface area contributed by atoms with Gasteiger partial charge in [0.25, 0.3) is 0 Å². The number of hydrogen-bond acceptors (Lipinski definition) is 3. The van der Waals surface area contributed by atoms with Gasteiger partial charge in [-0.1, -0.05) is 0 Å². The van der Waals surface area contributed by atoms with Crippen LogP contribution in [0, 0.1) is 0 Å². The third-order valence-corrected chi connectivity index (χ3v) is 2.34. The standard InChI is InChI=1S/C2F8NO2P2/c3-1(4,5)12-14(9)11-15(10)13-2(6,7)8/q+1. The van der Waals surface area contributed by atoms with Gasteiger partial charge in [-0.05, 0) is 4.52 Å². The van der Waals surface area contributed by atoms with E-state index in [9.17, 15) is 34.7 Å². The number of hydrogen-bond donors (Lipinski definition) is 0. The van der Waals surface area contributed by atoms with Gasteiger partial charge < -0.3 is 0 Å². The normalized spacial score (nSPS) is 16.7. The predicted molar refractivity (Wildman–Crippen MR) is 32.8 cm³/mol. The highest BCUT2D eigenvalue weighted by atomic mass is 31.2. The van der Waals surface area contributed by atoms with Gasteiger partial charge in [0, 0.05) is 4.52 Å². The van der Waals surface area contributed by atoms with Crippen LogP contribution in [-0.2, 0) is 9.05 Å². The van der Waals surface area contributed by atoms with Crippen LogP contribution in [0.5, 0.6) is 0 Å². The summed E-state index contributed by atoms with van der Waals surface area (Å²) in [7, 11) is -8.46. The topological polar surface area (TPSA) is 30.8 Å². The lowest BCUT2D eigenvalue weighted by molar-refractivity contribution is -0.273. The molecule has 0 bridgehead atoms. The van der Waals surface area contributed by atoms with Gasteiger partial charge in [0.05, 0.1) is 4.20 Å². The first-order chi connectivity index (χ1) is 6.49. The highest BCUT2D eigenvalue weighted by Gasteiger charge is 2.44. The van der Waals surface area contributed by atoms with E-state index in [1.54, 1.807) is 4.52 Å². The van der Waals surface area contributed by atoms with Gasteiger partial charge in [-0.3, -0.25) is 0 Å². The van der Waals surface area contributed by atoms with E-state index >= 15 is 0 Å². The lowest BCUT2D eigenvalue weighted by atomic mass is 11.4. The molecule has 0 saturated carbocycles. The predicted octanol–water partition coefficient (Wildman–Crippen LogP) is 4.72. The molecule has 0 amide bonds. The van der Waals surface area contributed by atoms with Crippen LogP contribution in [-0.4, -0.2) is 12.7 Å². The van der Waals surface area contributed by atoms with Crippen molar-refractivity contribution in [2.45, 2.75) is 12.7 Å². The molecule has 0 heterocycles. The number of nitrogens with zero attached hydrogens (tertiary/aromatic N) is 1. The highest BCUT2D eigenvalue weighted by molar-refractivity contribution is 7.53. The SMILES string of the molecule is FP(N=[P+](F)OC(F)(F)F)OC(F)(F)F. The van der Waals surface area contributed by atoms with Crippen LogP contribution in [0.25, 0.3) is 0 Å². The molecule has 0 rings (SSSR count). The summed E-state index contributed by atoms with van der Waals surface area (Å²) in [5, 5.41) is 0. The molecule has 0 spiro atoms. The van der Waals surface area contributed by atoms with Crippen LogP contribution in [0.2, 0.25) is 0 Å². The average Bonchev–Trinajstić information content (AvgIpc) is 1.73. The molecule has 0 aromatic heterocycles. The van der Waals surface area contributed by atoms with E-state index < -0.39 is 29.6 Å². The number of rotatable bonds is 3. The fraction of sp³-hybridized carbons (Fsp3) is 1.00. The zero-order valence-electron chi connectivity index (χ0n) is 6.18. The molecule has 0 aliphatic heterocycles.